The van der Waals surface area contributed by atoms with Crippen LogP contribution in [0.5, 0.6) is 0 Å². The summed E-state index contributed by atoms with van der Waals surface area (Å²) in [6.45, 7) is 5.57. The first-order chi connectivity index (χ1) is 7.45. The van der Waals surface area contributed by atoms with Gasteiger partial charge in [-0.05, 0) is 12.0 Å². The van der Waals surface area contributed by atoms with Gasteiger partial charge in [0.05, 0.1) is 13.2 Å². The van der Waals surface area contributed by atoms with Crippen molar-refractivity contribution < 1.29 is 4.74 Å². The van der Waals surface area contributed by atoms with Crippen molar-refractivity contribution in [3.63, 3.8) is 0 Å². The predicted molar refractivity (Wildman–Crippen MR) is 62.1 cm³/mol. The van der Waals surface area contributed by atoms with Gasteiger partial charge in [0.15, 0.2) is 0 Å². The summed E-state index contributed by atoms with van der Waals surface area (Å²) in [5.74, 6) is 0. The van der Waals surface area contributed by atoms with Crippen molar-refractivity contribution in [1.29, 1.82) is 0 Å². The van der Waals surface area contributed by atoms with Crippen LogP contribution < -0.4 is 0 Å². The summed E-state index contributed by atoms with van der Waals surface area (Å²) in [5, 5.41) is 1.21. The number of thiophene rings is 1. The molecule has 1 aliphatic rings. The maximum atomic E-state index is 5.39. The highest BCUT2D eigenvalue weighted by atomic mass is 32.1. The highest BCUT2D eigenvalue weighted by Crippen LogP contribution is 2.32. The molecule has 3 heterocycles. The molecule has 0 amide bonds. The average Bonchev–Trinajstić information content (AvgIpc) is 2.70. The SMILES string of the molecule is CC.c1ncc2c3c(sc2n1)COCC3. The minimum atomic E-state index is 0.746. The van der Waals surface area contributed by atoms with Gasteiger partial charge in [-0.25, -0.2) is 9.97 Å². The molecule has 0 fully saturated rings. The van der Waals surface area contributed by atoms with Crippen molar-refractivity contribution in [3.8, 4) is 0 Å². The molecule has 80 valence electrons. The Hall–Kier alpha value is -1.00. The monoisotopic (exact) mass is 222 g/mol. The van der Waals surface area contributed by atoms with Crippen LogP contribution >= 0.6 is 11.3 Å². The van der Waals surface area contributed by atoms with E-state index in [2.05, 4.69) is 9.97 Å². The van der Waals surface area contributed by atoms with Gasteiger partial charge in [-0.2, -0.15) is 0 Å². The van der Waals surface area contributed by atoms with E-state index < -0.39 is 0 Å². The highest BCUT2D eigenvalue weighted by molar-refractivity contribution is 7.18. The largest absolute Gasteiger partial charge is 0.376 e. The Morgan fingerprint density at radius 1 is 1.40 bits per heavy atom. The molecule has 0 unspecified atom stereocenters. The molecule has 4 heteroatoms. The maximum absolute atomic E-state index is 5.39. The Kier molecular flexibility index (Phi) is 3.28. The van der Waals surface area contributed by atoms with E-state index in [1.165, 1.54) is 15.8 Å². The van der Waals surface area contributed by atoms with Crippen molar-refractivity contribution in [2.45, 2.75) is 26.9 Å². The number of hydrogen-bond donors (Lipinski definition) is 0. The normalized spacial score (nSPS) is 14.3. The second kappa shape index (κ2) is 4.68. The molecule has 1 aliphatic heterocycles. The number of nitrogens with zero attached hydrogens (tertiary/aromatic N) is 2. The number of fused-ring (bicyclic) bond motifs is 3. The van der Waals surface area contributed by atoms with E-state index in [1.54, 1.807) is 17.7 Å². The molecule has 0 radical (unpaired) electrons. The van der Waals surface area contributed by atoms with Gasteiger partial charge in [-0.3, -0.25) is 0 Å². The smallest absolute Gasteiger partial charge is 0.127 e. The molecule has 15 heavy (non-hydrogen) atoms. The van der Waals surface area contributed by atoms with Crippen LogP contribution in [0.25, 0.3) is 10.2 Å². The molecular formula is C11H14N2OS. The first-order valence-corrected chi connectivity index (χ1v) is 6.05. The highest BCUT2D eigenvalue weighted by Gasteiger charge is 2.16. The summed E-state index contributed by atoms with van der Waals surface area (Å²) >= 11 is 1.72. The van der Waals surface area contributed by atoms with Crippen LogP contribution in [0.1, 0.15) is 24.3 Å². The van der Waals surface area contributed by atoms with Gasteiger partial charge in [0, 0.05) is 16.5 Å². The lowest BCUT2D eigenvalue weighted by atomic mass is 10.1. The fraction of sp³-hybridized carbons (Fsp3) is 0.455. The van der Waals surface area contributed by atoms with Gasteiger partial charge >= 0.3 is 0 Å². The molecule has 0 aromatic carbocycles. The van der Waals surface area contributed by atoms with Gasteiger partial charge in [0.1, 0.15) is 11.2 Å². The quantitative estimate of drug-likeness (QED) is 0.687. The second-order valence-corrected chi connectivity index (χ2v) is 4.13. The zero-order valence-corrected chi connectivity index (χ0v) is 9.80. The van der Waals surface area contributed by atoms with E-state index in [4.69, 9.17) is 4.74 Å². The lowest BCUT2D eigenvalue weighted by molar-refractivity contribution is 0.114. The van der Waals surface area contributed by atoms with Gasteiger partial charge in [0.2, 0.25) is 0 Å². The predicted octanol–water partition coefficient (Wildman–Crippen LogP) is 2.79. The van der Waals surface area contributed by atoms with E-state index in [1.807, 2.05) is 20.0 Å². The van der Waals surface area contributed by atoms with Gasteiger partial charge in [-0.1, -0.05) is 13.8 Å². The topological polar surface area (TPSA) is 35.0 Å². The molecule has 0 saturated heterocycles. The first-order valence-electron chi connectivity index (χ1n) is 5.23. The number of ether oxygens (including phenoxy) is 1. The molecule has 0 atom stereocenters. The summed E-state index contributed by atoms with van der Waals surface area (Å²) in [5.41, 5.74) is 1.40. The zero-order valence-electron chi connectivity index (χ0n) is 8.99. The molecule has 0 bridgehead atoms. The summed E-state index contributed by atoms with van der Waals surface area (Å²) in [6.07, 6.45) is 4.51. The van der Waals surface area contributed by atoms with Crippen molar-refractivity contribution in [2.75, 3.05) is 6.61 Å². The Morgan fingerprint density at radius 2 is 2.27 bits per heavy atom. The molecule has 2 aromatic heterocycles. The third kappa shape index (κ3) is 1.87. The van der Waals surface area contributed by atoms with E-state index >= 15 is 0 Å². The Balaban J connectivity index is 0.000000404. The first kappa shape index (κ1) is 10.5. The third-order valence-electron chi connectivity index (χ3n) is 2.29. The van der Waals surface area contributed by atoms with E-state index in [-0.39, 0.29) is 0 Å². The number of aromatic nitrogens is 2. The number of hydrogen-bond acceptors (Lipinski definition) is 4. The minimum absolute atomic E-state index is 0.746. The molecule has 0 spiro atoms. The van der Waals surface area contributed by atoms with Crippen molar-refractivity contribution in [1.82, 2.24) is 9.97 Å². The minimum Gasteiger partial charge on any atom is -0.376 e. The van der Waals surface area contributed by atoms with Crippen molar-refractivity contribution in [2.24, 2.45) is 0 Å². The average molecular weight is 222 g/mol. The molecule has 3 rings (SSSR count). The van der Waals surface area contributed by atoms with Crippen LogP contribution in [0.3, 0.4) is 0 Å². The fourth-order valence-electron chi connectivity index (χ4n) is 1.66. The summed E-state index contributed by atoms with van der Waals surface area (Å²) in [7, 11) is 0. The second-order valence-electron chi connectivity index (χ2n) is 3.05. The van der Waals surface area contributed by atoms with Gasteiger partial charge in [-0.15, -0.1) is 11.3 Å². The van der Waals surface area contributed by atoms with E-state index in [0.29, 0.717) is 0 Å². The Bertz CT molecular complexity index is 453. The third-order valence-corrected chi connectivity index (χ3v) is 3.42. The zero-order chi connectivity index (χ0) is 10.7. The lowest BCUT2D eigenvalue weighted by Crippen LogP contribution is -2.06. The molecule has 2 aromatic rings. The van der Waals surface area contributed by atoms with Crippen LogP contribution in [0.15, 0.2) is 12.5 Å². The molecule has 0 saturated carbocycles. The van der Waals surface area contributed by atoms with E-state index in [9.17, 15) is 0 Å². The maximum Gasteiger partial charge on any atom is 0.127 e. The molecular weight excluding hydrogens is 208 g/mol. The van der Waals surface area contributed by atoms with Crippen LogP contribution in [-0.4, -0.2) is 16.6 Å². The van der Waals surface area contributed by atoms with Crippen LogP contribution in [0.4, 0.5) is 0 Å². The van der Waals surface area contributed by atoms with Gasteiger partial charge < -0.3 is 4.74 Å². The van der Waals surface area contributed by atoms with Crippen molar-refractivity contribution >= 4 is 21.6 Å². The Morgan fingerprint density at radius 3 is 3.13 bits per heavy atom. The van der Waals surface area contributed by atoms with E-state index in [0.717, 1.165) is 24.5 Å². The lowest BCUT2D eigenvalue weighted by Gasteiger charge is -2.10. The summed E-state index contributed by atoms with van der Waals surface area (Å²) in [6, 6.07) is 0. The summed E-state index contributed by atoms with van der Waals surface area (Å²) < 4.78 is 5.39. The van der Waals surface area contributed by atoms with Gasteiger partial charge in [0.25, 0.3) is 0 Å². The fourth-order valence-corrected chi connectivity index (χ4v) is 2.76. The standard InChI is InChI=1S/C9H8N2OS.C2H6/c1-2-12-4-8-6(1)7-3-10-5-11-9(7)13-8;1-2/h3,5H,1-2,4H2;1-2H3. The molecule has 0 aliphatic carbocycles. The molecule has 3 nitrogen and oxygen atoms in total. The van der Waals surface area contributed by atoms with Crippen molar-refractivity contribution in [3.05, 3.63) is 23.0 Å². The number of rotatable bonds is 0. The van der Waals surface area contributed by atoms with Crippen LogP contribution in [-0.2, 0) is 17.8 Å². The van der Waals surface area contributed by atoms with Crippen LogP contribution in [0.2, 0.25) is 0 Å². The molecule has 0 N–H and O–H groups in total. The summed E-state index contributed by atoms with van der Waals surface area (Å²) in [4.78, 5) is 10.7. The van der Waals surface area contributed by atoms with Crippen LogP contribution in [0, 0.1) is 0 Å². The Labute approximate surface area is 93.1 Å².